The van der Waals surface area contributed by atoms with Gasteiger partial charge in [-0.3, -0.25) is 0 Å². The maximum absolute atomic E-state index is 5.36. The third-order valence-electron chi connectivity index (χ3n) is 2.11. The SMILES string of the molecule is c1cnc(C2CCCOC2)nc1. The summed E-state index contributed by atoms with van der Waals surface area (Å²) in [5, 5.41) is 0. The molecule has 12 heavy (non-hydrogen) atoms. The van der Waals surface area contributed by atoms with Crippen LogP contribution >= 0.6 is 0 Å². The minimum Gasteiger partial charge on any atom is -0.381 e. The fourth-order valence-corrected chi connectivity index (χ4v) is 1.47. The molecule has 0 N–H and O–H groups in total. The summed E-state index contributed by atoms with van der Waals surface area (Å²) in [5.74, 6) is 1.34. The molecule has 2 heterocycles. The number of ether oxygens (including phenoxy) is 1. The first-order valence-electron chi connectivity index (χ1n) is 4.31. The van der Waals surface area contributed by atoms with Crippen molar-refractivity contribution in [2.75, 3.05) is 13.2 Å². The number of hydrogen-bond acceptors (Lipinski definition) is 3. The number of hydrogen-bond donors (Lipinski definition) is 0. The van der Waals surface area contributed by atoms with Gasteiger partial charge >= 0.3 is 0 Å². The maximum Gasteiger partial charge on any atom is 0.133 e. The van der Waals surface area contributed by atoms with Crippen LogP contribution in [0.15, 0.2) is 18.5 Å². The molecule has 0 radical (unpaired) electrons. The Labute approximate surface area is 71.8 Å². The Morgan fingerprint density at radius 2 is 2.17 bits per heavy atom. The fourth-order valence-electron chi connectivity index (χ4n) is 1.47. The van der Waals surface area contributed by atoms with Crippen LogP contribution in [0.1, 0.15) is 24.6 Å². The van der Waals surface area contributed by atoms with Gasteiger partial charge in [0.1, 0.15) is 5.82 Å². The number of aromatic nitrogens is 2. The molecule has 1 saturated heterocycles. The van der Waals surface area contributed by atoms with Crippen molar-refractivity contribution in [1.29, 1.82) is 0 Å². The van der Waals surface area contributed by atoms with E-state index >= 15 is 0 Å². The Morgan fingerprint density at radius 3 is 2.83 bits per heavy atom. The standard InChI is InChI=1S/C9H12N2O/c1-3-8(7-12-6-1)9-10-4-2-5-11-9/h2,4-5,8H,1,3,6-7H2. The summed E-state index contributed by atoms with van der Waals surface area (Å²) in [6, 6.07) is 1.84. The molecule has 1 aliphatic heterocycles. The van der Waals surface area contributed by atoms with E-state index in [0.717, 1.165) is 31.9 Å². The molecule has 0 aliphatic carbocycles. The van der Waals surface area contributed by atoms with Crippen LogP contribution in [0.4, 0.5) is 0 Å². The minimum atomic E-state index is 0.417. The van der Waals surface area contributed by atoms with Gasteiger partial charge in [-0.1, -0.05) is 0 Å². The first kappa shape index (κ1) is 7.68. The van der Waals surface area contributed by atoms with Gasteiger partial charge in [-0.15, -0.1) is 0 Å². The second kappa shape index (κ2) is 3.63. The summed E-state index contributed by atoms with van der Waals surface area (Å²) in [6.07, 6.45) is 5.86. The van der Waals surface area contributed by atoms with Crippen molar-refractivity contribution >= 4 is 0 Å². The predicted octanol–water partition coefficient (Wildman–Crippen LogP) is 1.37. The van der Waals surface area contributed by atoms with Gasteiger partial charge in [-0.05, 0) is 18.9 Å². The normalized spacial score (nSPS) is 23.8. The fraction of sp³-hybridized carbons (Fsp3) is 0.556. The number of nitrogens with zero attached hydrogens (tertiary/aromatic N) is 2. The monoisotopic (exact) mass is 164 g/mol. The van der Waals surface area contributed by atoms with E-state index in [2.05, 4.69) is 9.97 Å². The Hall–Kier alpha value is -0.960. The van der Waals surface area contributed by atoms with Crippen molar-refractivity contribution in [2.45, 2.75) is 18.8 Å². The molecule has 1 aliphatic rings. The molecule has 3 heteroatoms. The zero-order valence-corrected chi connectivity index (χ0v) is 6.94. The second-order valence-corrected chi connectivity index (χ2v) is 3.02. The molecule has 2 rings (SSSR count). The molecule has 1 aromatic rings. The van der Waals surface area contributed by atoms with Crippen molar-refractivity contribution in [3.8, 4) is 0 Å². The Bertz CT molecular complexity index is 232. The van der Waals surface area contributed by atoms with Crippen LogP contribution in [0.2, 0.25) is 0 Å². The highest BCUT2D eigenvalue weighted by Gasteiger charge is 2.17. The molecule has 1 unspecified atom stereocenters. The van der Waals surface area contributed by atoms with E-state index in [4.69, 9.17) is 4.74 Å². The van der Waals surface area contributed by atoms with Crippen molar-refractivity contribution in [2.24, 2.45) is 0 Å². The van der Waals surface area contributed by atoms with Gasteiger partial charge in [0.2, 0.25) is 0 Å². The lowest BCUT2D eigenvalue weighted by molar-refractivity contribution is 0.0780. The van der Waals surface area contributed by atoms with Gasteiger partial charge in [-0.2, -0.15) is 0 Å². The topological polar surface area (TPSA) is 35.0 Å². The summed E-state index contributed by atoms with van der Waals surface area (Å²) in [6.45, 7) is 1.67. The Balaban J connectivity index is 2.08. The van der Waals surface area contributed by atoms with E-state index in [-0.39, 0.29) is 0 Å². The third-order valence-corrected chi connectivity index (χ3v) is 2.11. The van der Waals surface area contributed by atoms with Crippen molar-refractivity contribution in [1.82, 2.24) is 9.97 Å². The van der Waals surface area contributed by atoms with Crippen molar-refractivity contribution in [3.05, 3.63) is 24.3 Å². The average molecular weight is 164 g/mol. The van der Waals surface area contributed by atoms with Crippen LogP contribution in [0.25, 0.3) is 0 Å². The lowest BCUT2D eigenvalue weighted by Gasteiger charge is -2.20. The van der Waals surface area contributed by atoms with Gasteiger partial charge < -0.3 is 4.74 Å². The summed E-state index contributed by atoms with van der Waals surface area (Å²) >= 11 is 0. The van der Waals surface area contributed by atoms with Crippen LogP contribution in [-0.4, -0.2) is 23.2 Å². The van der Waals surface area contributed by atoms with E-state index in [1.54, 1.807) is 12.4 Å². The molecule has 1 aromatic heterocycles. The molecule has 0 aromatic carbocycles. The van der Waals surface area contributed by atoms with E-state index in [0.29, 0.717) is 5.92 Å². The zero-order valence-electron chi connectivity index (χ0n) is 6.94. The van der Waals surface area contributed by atoms with Crippen LogP contribution in [0.3, 0.4) is 0 Å². The summed E-state index contributed by atoms with van der Waals surface area (Å²) in [5.41, 5.74) is 0. The van der Waals surface area contributed by atoms with Crippen LogP contribution < -0.4 is 0 Å². The molecule has 0 amide bonds. The highest BCUT2D eigenvalue weighted by molar-refractivity contribution is 4.97. The van der Waals surface area contributed by atoms with Crippen LogP contribution in [0, 0.1) is 0 Å². The smallest absolute Gasteiger partial charge is 0.133 e. The quantitative estimate of drug-likeness (QED) is 0.628. The molecule has 64 valence electrons. The Kier molecular flexibility index (Phi) is 2.32. The van der Waals surface area contributed by atoms with Gasteiger partial charge in [0, 0.05) is 24.9 Å². The average Bonchev–Trinajstić information content (AvgIpc) is 2.21. The first-order valence-corrected chi connectivity index (χ1v) is 4.31. The van der Waals surface area contributed by atoms with Gasteiger partial charge in [0.25, 0.3) is 0 Å². The molecular formula is C9H12N2O. The summed E-state index contributed by atoms with van der Waals surface area (Å²) in [7, 11) is 0. The van der Waals surface area contributed by atoms with Crippen molar-refractivity contribution in [3.63, 3.8) is 0 Å². The highest BCUT2D eigenvalue weighted by atomic mass is 16.5. The molecule has 0 spiro atoms. The lowest BCUT2D eigenvalue weighted by Crippen LogP contribution is -2.17. The van der Waals surface area contributed by atoms with Crippen LogP contribution in [0.5, 0.6) is 0 Å². The van der Waals surface area contributed by atoms with E-state index in [9.17, 15) is 0 Å². The predicted molar refractivity (Wildman–Crippen MR) is 44.8 cm³/mol. The van der Waals surface area contributed by atoms with E-state index < -0.39 is 0 Å². The van der Waals surface area contributed by atoms with Crippen molar-refractivity contribution < 1.29 is 4.74 Å². The van der Waals surface area contributed by atoms with Gasteiger partial charge in [-0.25, -0.2) is 9.97 Å². The van der Waals surface area contributed by atoms with Crippen LogP contribution in [-0.2, 0) is 4.74 Å². The third kappa shape index (κ3) is 1.61. The lowest BCUT2D eigenvalue weighted by atomic mass is 10.0. The molecular weight excluding hydrogens is 152 g/mol. The second-order valence-electron chi connectivity index (χ2n) is 3.02. The molecule has 1 atom stereocenters. The molecule has 0 saturated carbocycles. The summed E-state index contributed by atoms with van der Waals surface area (Å²) in [4.78, 5) is 8.42. The Morgan fingerprint density at radius 1 is 1.33 bits per heavy atom. The van der Waals surface area contributed by atoms with E-state index in [1.165, 1.54) is 0 Å². The first-order chi connectivity index (χ1) is 5.97. The molecule has 3 nitrogen and oxygen atoms in total. The molecule has 0 bridgehead atoms. The largest absolute Gasteiger partial charge is 0.381 e. The highest BCUT2D eigenvalue weighted by Crippen LogP contribution is 2.21. The van der Waals surface area contributed by atoms with Gasteiger partial charge in [0.15, 0.2) is 0 Å². The van der Waals surface area contributed by atoms with E-state index in [1.807, 2.05) is 6.07 Å². The minimum absolute atomic E-state index is 0.417. The molecule has 1 fully saturated rings. The summed E-state index contributed by atoms with van der Waals surface area (Å²) < 4.78 is 5.36. The van der Waals surface area contributed by atoms with Gasteiger partial charge in [0.05, 0.1) is 6.61 Å². The maximum atomic E-state index is 5.36. The number of rotatable bonds is 1. The zero-order chi connectivity index (χ0) is 8.23.